The largest absolute Gasteiger partial charge is 0.378 e. The lowest BCUT2D eigenvalue weighted by molar-refractivity contribution is -0.123. The second-order valence-electron chi connectivity index (χ2n) is 7.98. The summed E-state index contributed by atoms with van der Waals surface area (Å²) in [6.07, 6.45) is 0. The fourth-order valence-corrected chi connectivity index (χ4v) is 4.71. The predicted molar refractivity (Wildman–Crippen MR) is 118 cm³/mol. The molecule has 1 unspecified atom stereocenters. The van der Waals surface area contributed by atoms with Crippen molar-refractivity contribution in [2.75, 3.05) is 26.3 Å². The monoisotopic (exact) mass is 472 g/mol. The minimum absolute atomic E-state index is 0.0341. The average molecular weight is 473 g/mol. The smallest absolute Gasteiger partial charge is 0.322 e. The van der Waals surface area contributed by atoms with Gasteiger partial charge < -0.3 is 15.0 Å². The lowest BCUT2D eigenvalue weighted by Crippen LogP contribution is -2.40. The molecule has 2 saturated heterocycles. The van der Waals surface area contributed by atoms with Crippen molar-refractivity contribution in [3.05, 3.63) is 65.2 Å². The summed E-state index contributed by atoms with van der Waals surface area (Å²) in [7, 11) is -3.80. The van der Waals surface area contributed by atoms with Crippen LogP contribution in [0.3, 0.4) is 0 Å². The maximum atomic E-state index is 12.7. The van der Waals surface area contributed by atoms with Crippen molar-refractivity contribution in [1.82, 2.24) is 20.3 Å². The summed E-state index contributed by atoms with van der Waals surface area (Å²) in [6, 6.07) is 12.0. The number of benzene rings is 2. The average Bonchev–Trinajstić information content (AvgIpc) is 3.10. The number of imide groups is 1. The van der Waals surface area contributed by atoms with Crippen LogP contribution in [0.4, 0.5) is 4.79 Å². The molecule has 11 heteroatoms. The molecule has 3 N–H and O–H groups in total. The summed E-state index contributed by atoms with van der Waals surface area (Å²) in [4.78, 5) is 37.7. The van der Waals surface area contributed by atoms with E-state index in [2.05, 4.69) is 15.4 Å². The Morgan fingerprint density at radius 3 is 2.27 bits per heavy atom. The zero-order valence-corrected chi connectivity index (χ0v) is 18.8. The van der Waals surface area contributed by atoms with E-state index in [1.165, 1.54) is 24.3 Å². The molecule has 4 amide bonds. The van der Waals surface area contributed by atoms with Gasteiger partial charge in [-0.3, -0.25) is 14.9 Å². The second-order valence-corrected chi connectivity index (χ2v) is 9.75. The Labute approximate surface area is 191 Å². The van der Waals surface area contributed by atoms with Crippen LogP contribution < -0.4 is 15.4 Å². The molecule has 2 aliphatic rings. The molecular weight excluding hydrogens is 448 g/mol. The zero-order valence-electron chi connectivity index (χ0n) is 18.0. The molecule has 2 heterocycles. The van der Waals surface area contributed by atoms with Gasteiger partial charge in [-0.15, -0.1) is 0 Å². The number of amides is 4. The molecule has 0 radical (unpaired) electrons. The van der Waals surface area contributed by atoms with Crippen LogP contribution in [-0.4, -0.2) is 57.5 Å². The Balaban J connectivity index is 1.39. The Kier molecular flexibility index (Phi) is 6.19. The molecule has 2 aromatic carbocycles. The van der Waals surface area contributed by atoms with Crippen molar-refractivity contribution in [2.24, 2.45) is 0 Å². The Hall–Kier alpha value is -3.28. The summed E-state index contributed by atoms with van der Waals surface area (Å²) in [5.74, 6) is -0.604. The highest BCUT2D eigenvalue weighted by Crippen LogP contribution is 2.24. The fourth-order valence-electron chi connectivity index (χ4n) is 3.69. The Morgan fingerprint density at radius 1 is 1.06 bits per heavy atom. The van der Waals surface area contributed by atoms with Crippen LogP contribution in [0.1, 0.15) is 28.4 Å². The number of sulfonamides is 1. The van der Waals surface area contributed by atoms with E-state index in [9.17, 15) is 22.8 Å². The van der Waals surface area contributed by atoms with Gasteiger partial charge in [0, 0.05) is 25.2 Å². The number of hydrogen-bond donors (Lipinski definition) is 3. The summed E-state index contributed by atoms with van der Waals surface area (Å²) in [5, 5.41) is 4.79. The van der Waals surface area contributed by atoms with Crippen molar-refractivity contribution in [3.63, 3.8) is 0 Å². The van der Waals surface area contributed by atoms with E-state index in [0.717, 1.165) is 0 Å². The van der Waals surface area contributed by atoms with E-state index in [0.29, 0.717) is 43.0 Å². The van der Waals surface area contributed by atoms with Gasteiger partial charge in [-0.25, -0.2) is 17.9 Å². The molecule has 0 aromatic heterocycles. The van der Waals surface area contributed by atoms with Crippen LogP contribution in [0.15, 0.2) is 53.4 Å². The second kappa shape index (κ2) is 8.93. The lowest BCUT2D eigenvalue weighted by atomic mass is 9.91. The fraction of sp³-hybridized carbons (Fsp3) is 0.318. The number of carbonyl (C=O) groups excluding carboxylic acids is 3. The van der Waals surface area contributed by atoms with Crippen molar-refractivity contribution in [3.8, 4) is 0 Å². The Morgan fingerprint density at radius 2 is 1.70 bits per heavy atom. The van der Waals surface area contributed by atoms with E-state index >= 15 is 0 Å². The van der Waals surface area contributed by atoms with E-state index < -0.39 is 27.5 Å². The van der Waals surface area contributed by atoms with E-state index in [4.69, 9.17) is 4.74 Å². The molecule has 4 rings (SSSR count). The van der Waals surface area contributed by atoms with Gasteiger partial charge in [0.05, 0.1) is 18.1 Å². The van der Waals surface area contributed by atoms with Crippen LogP contribution in [0.25, 0.3) is 0 Å². The summed E-state index contributed by atoms with van der Waals surface area (Å²) in [5.41, 5.74) is 0.505. The van der Waals surface area contributed by atoms with Gasteiger partial charge in [0.2, 0.25) is 10.0 Å². The Bertz CT molecular complexity index is 1170. The van der Waals surface area contributed by atoms with Gasteiger partial charge in [0.15, 0.2) is 0 Å². The normalized spacial score (nSPS) is 20.9. The number of rotatable bonds is 6. The molecule has 2 aliphatic heterocycles. The summed E-state index contributed by atoms with van der Waals surface area (Å²) in [6.45, 7) is 3.63. The SMILES string of the molecule is CC1(c2ccc(CNS(=O)(=O)c3ccc(C(=O)N4CCOCC4)cc3)cc2)NC(=O)NC1=O. The van der Waals surface area contributed by atoms with Crippen molar-refractivity contribution >= 4 is 27.9 Å². The summed E-state index contributed by atoms with van der Waals surface area (Å²) >= 11 is 0. The van der Waals surface area contributed by atoms with Crippen LogP contribution in [0.5, 0.6) is 0 Å². The first-order chi connectivity index (χ1) is 15.7. The van der Waals surface area contributed by atoms with Crippen LogP contribution >= 0.6 is 0 Å². The highest BCUT2D eigenvalue weighted by atomic mass is 32.2. The van der Waals surface area contributed by atoms with Gasteiger partial charge in [-0.05, 0) is 42.3 Å². The van der Waals surface area contributed by atoms with Gasteiger partial charge >= 0.3 is 6.03 Å². The number of morpholine rings is 1. The molecule has 174 valence electrons. The molecule has 33 heavy (non-hydrogen) atoms. The van der Waals surface area contributed by atoms with Crippen molar-refractivity contribution in [1.29, 1.82) is 0 Å². The van der Waals surface area contributed by atoms with E-state index in [1.807, 2.05) is 0 Å². The lowest BCUT2D eigenvalue weighted by Gasteiger charge is -2.26. The third kappa shape index (κ3) is 4.75. The number of urea groups is 1. The maximum Gasteiger partial charge on any atom is 0.322 e. The van der Waals surface area contributed by atoms with Gasteiger partial charge in [0.25, 0.3) is 11.8 Å². The standard InChI is InChI=1S/C22H24N4O6S/c1-22(20(28)24-21(29)25-22)17-6-2-15(3-7-17)14-23-33(30,31)18-8-4-16(5-9-18)19(27)26-10-12-32-13-11-26/h2-9,23H,10-14H2,1H3,(H2,24,25,28,29). The predicted octanol–water partition coefficient (Wildman–Crippen LogP) is 0.692. The first kappa shape index (κ1) is 22.9. The van der Waals surface area contributed by atoms with E-state index in [1.54, 1.807) is 36.1 Å². The van der Waals surface area contributed by atoms with Crippen LogP contribution in [0, 0.1) is 0 Å². The molecule has 2 fully saturated rings. The number of ether oxygens (including phenoxy) is 1. The van der Waals surface area contributed by atoms with Gasteiger partial charge in [-0.2, -0.15) is 0 Å². The molecule has 2 aromatic rings. The molecule has 0 aliphatic carbocycles. The number of hydrogen-bond acceptors (Lipinski definition) is 6. The first-order valence-electron chi connectivity index (χ1n) is 10.4. The summed E-state index contributed by atoms with van der Waals surface area (Å²) < 4.78 is 33.1. The van der Waals surface area contributed by atoms with Gasteiger partial charge in [0.1, 0.15) is 5.54 Å². The third-order valence-electron chi connectivity index (χ3n) is 5.75. The molecule has 0 spiro atoms. The third-order valence-corrected chi connectivity index (χ3v) is 7.17. The van der Waals surface area contributed by atoms with Crippen molar-refractivity contribution < 1.29 is 27.5 Å². The molecular formula is C22H24N4O6S. The topological polar surface area (TPSA) is 134 Å². The number of carbonyl (C=O) groups is 3. The van der Waals surface area contributed by atoms with Crippen LogP contribution in [0.2, 0.25) is 0 Å². The first-order valence-corrected chi connectivity index (χ1v) is 11.9. The van der Waals surface area contributed by atoms with Gasteiger partial charge in [-0.1, -0.05) is 24.3 Å². The van der Waals surface area contributed by atoms with Crippen LogP contribution in [-0.2, 0) is 31.6 Å². The minimum atomic E-state index is -3.80. The quantitative estimate of drug-likeness (QED) is 0.530. The highest BCUT2D eigenvalue weighted by molar-refractivity contribution is 7.89. The molecule has 10 nitrogen and oxygen atoms in total. The number of nitrogens with one attached hydrogen (secondary N) is 3. The van der Waals surface area contributed by atoms with Crippen molar-refractivity contribution in [2.45, 2.75) is 23.9 Å². The minimum Gasteiger partial charge on any atom is -0.378 e. The highest BCUT2D eigenvalue weighted by Gasteiger charge is 2.43. The molecule has 0 bridgehead atoms. The molecule has 0 saturated carbocycles. The number of nitrogens with zero attached hydrogens (tertiary/aromatic N) is 1. The maximum absolute atomic E-state index is 12.7. The van der Waals surface area contributed by atoms with E-state index in [-0.39, 0.29) is 17.3 Å². The zero-order chi connectivity index (χ0) is 23.6. The molecule has 1 atom stereocenters.